The fourth-order valence-electron chi connectivity index (χ4n) is 4.16. The minimum atomic E-state index is -0.272. The average Bonchev–Trinajstić information content (AvgIpc) is 3.21. The molecule has 10 nitrogen and oxygen atoms in total. The molecule has 0 aliphatic heterocycles. The van der Waals surface area contributed by atoms with Gasteiger partial charge in [0.1, 0.15) is 23.1 Å². The molecule has 0 aliphatic rings. The highest BCUT2D eigenvalue weighted by molar-refractivity contribution is 6.05. The Hall–Kier alpha value is -4.05. The number of aryl methyl sites for hydroxylation is 2. The Labute approximate surface area is 217 Å². The third-order valence-electron chi connectivity index (χ3n) is 6.32. The van der Waals surface area contributed by atoms with E-state index in [1.165, 1.54) is 6.07 Å². The number of nitrogens with zero attached hydrogens (tertiary/aromatic N) is 7. The standard InChI is InChI=1S/C27H34N8O2/c1-7-24-29-15-18(35(24)6)16-34(5)27(37)25-21-14-19(36)8-10-22(21)31-26(32-25)20-9-11-23(30-17(20)2)28-12-13-33(3)4/h8-11,14-15,36H,7,12-13,16H2,1-6H3,(H,28,30). The van der Waals surface area contributed by atoms with Gasteiger partial charge < -0.3 is 24.8 Å². The van der Waals surface area contributed by atoms with Gasteiger partial charge in [0.15, 0.2) is 5.82 Å². The van der Waals surface area contributed by atoms with Gasteiger partial charge in [0.2, 0.25) is 0 Å². The Balaban J connectivity index is 1.69. The van der Waals surface area contributed by atoms with E-state index in [1.807, 2.05) is 51.7 Å². The van der Waals surface area contributed by atoms with Gasteiger partial charge in [0, 0.05) is 44.6 Å². The molecule has 0 unspecified atom stereocenters. The first-order chi connectivity index (χ1) is 17.7. The van der Waals surface area contributed by atoms with E-state index < -0.39 is 0 Å². The number of aromatic nitrogens is 5. The lowest BCUT2D eigenvalue weighted by Gasteiger charge is -2.19. The molecule has 3 heterocycles. The number of aromatic hydroxyl groups is 1. The first kappa shape index (κ1) is 26.0. The van der Waals surface area contributed by atoms with Crippen molar-refractivity contribution in [3.8, 4) is 17.1 Å². The summed E-state index contributed by atoms with van der Waals surface area (Å²) in [5.41, 5.74) is 3.21. The van der Waals surface area contributed by atoms with E-state index in [0.717, 1.165) is 48.1 Å². The van der Waals surface area contributed by atoms with Gasteiger partial charge in [-0.25, -0.2) is 19.9 Å². The van der Waals surface area contributed by atoms with Gasteiger partial charge in [-0.3, -0.25) is 4.79 Å². The summed E-state index contributed by atoms with van der Waals surface area (Å²) < 4.78 is 2.00. The molecule has 2 N–H and O–H groups in total. The number of anilines is 1. The molecule has 10 heteroatoms. The average molecular weight is 503 g/mol. The Kier molecular flexibility index (Phi) is 7.68. The third kappa shape index (κ3) is 5.69. The predicted molar refractivity (Wildman–Crippen MR) is 145 cm³/mol. The molecule has 4 rings (SSSR count). The van der Waals surface area contributed by atoms with Crippen LogP contribution in [0.3, 0.4) is 0 Å². The van der Waals surface area contributed by atoms with Crippen molar-refractivity contribution in [1.29, 1.82) is 0 Å². The molecule has 0 radical (unpaired) electrons. The molecule has 0 bridgehead atoms. The molecule has 194 valence electrons. The molecule has 0 saturated carbocycles. The van der Waals surface area contributed by atoms with E-state index in [9.17, 15) is 9.90 Å². The van der Waals surface area contributed by atoms with Crippen molar-refractivity contribution in [3.05, 3.63) is 59.4 Å². The Morgan fingerprint density at radius 1 is 1.11 bits per heavy atom. The maximum atomic E-state index is 13.7. The second-order valence-corrected chi connectivity index (χ2v) is 9.40. The van der Waals surface area contributed by atoms with E-state index >= 15 is 0 Å². The topological polar surface area (TPSA) is 112 Å². The summed E-state index contributed by atoms with van der Waals surface area (Å²) in [6, 6.07) is 8.59. The number of pyridine rings is 1. The van der Waals surface area contributed by atoms with E-state index in [2.05, 4.69) is 20.2 Å². The normalized spacial score (nSPS) is 11.3. The molecular weight excluding hydrogens is 468 g/mol. The number of rotatable bonds is 9. The number of imidazole rings is 1. The van der Waals surface area contributed by atoms with Crippen LogP contribution in [0.15, 0.2) is 36.5 Å². The van der Waals surface area contributed by atoms with E-state index in [0.29, 0.717) is 23.3 Å². The number of nitrogens with one attached hydrogen (secondary N) is 1. The fourth-order valence-corrected chi connectivity index (χ4v) is 4.16. The second-order valence-electron chi connectivity index (χ2n) is 9.40. The second kappa shape index (κ2) is 10.9. The maximum absolute atomic E-state index is 13.7. The molecule has 0 aliphatic carbocycles. The molecule has 0 atom stereocenters. The highest BCUT2D eigenvalue weighted by Gasteiger charge is 2.22. The van der Waals surface area contributed by atoms with Gasteiger partial charge in [-0.15, -0.1) is 0 Å². The number of carbonyl (C=O) groups is 1. The van der Waals surface area contributed by atoms with Crippen LogP contribution in [0.5, 0.6) is 5.75 Å². The van der Waals surface area contributed by atoms with Gasteiger partial charge in [-0.2, -0.15) is 0 Å². The van der Waals surface area contributed by atoms with E-state index in [1.54, 1.807) is 30.3 Å². The minimum absolute atomic E-state index is 0.0470. The highest BCUT2D eigenvalue weighted by Crippen LogP contribution is 2.27. The molecule has 4 aromatic rings. The molecule has 1 amide bonds. The number of phenolic OH excluding ortho intramolecular Hbond substituents is 1. The molecule has 0 spiro atoms. The van der Waals surface area contributed by atoms with E-state index in [-0.39, 0.29) is 17.4 Å². The van der Waals surface area contributed by atoms with Crippen molar-refractivity contribution >= 4 is 22.6 Å². The number of hydrogen-bond donors (Lipinski definition) is 2. The van der Waals surface area contributed by atoms with Crippen LogP contribution in [0.1, 0.15) is 34.6 Å². The molecule has 3 aromatic heterocycles. The largest absolute Gasteiger partial charge is 0.508 e. The van der Waals surface area contributed by atoms with Crippen molar-refractivity contribution in [2.75, 3.05) is 39.5 Å². The summed E-state index contributed by atoms with van der Waals surface area (Å²) in [5.74, 6) is 1.91. The summed E-state index contributed by atoms with van der Waals surface area (Å²) in [5, 5.41) is 13.9. The lowest BCUT2D eigenvalue weighted by Crippen LogP contribution is -2.28. The van der Waals surface area contributed by atoms with Crippen LogP contribution in [-0.2, 0) is 20.0 Å². The van der Waals surface area contributed by atoms with Crippen LogP contribution in [0.25, 0.3) is 22.3 Å². The Morgan fingerprint density at radius 3 is 2.57 bits per heavy atom. The van der Waals surface area contributed by atoms with Crippen LogP contribution in [0, 0.1) is 6.92 Å². The van der Waals surface area contributed by atoms with Crippen molar-refractivity contribution in [1.82, 2.24) is 34.3 Å². The van der Waals surface area contributed by atoms with Crippen molar-refractivity contribution in [2.45, 2.75) is 26.8 Å². The minimum Gasteiger partial charge on any atom is -0.508 e. The zero-order chi connectivity index (χ0) is 26.7. The number of likely N-dealkylation sites (N-methyl/N-ethyl adjacent to an activating group) is 1. The number of carbonyl (C=O) groups excluding carboxylic acids is 1. The maximum Gasteiger partial charge on any atom is 0.273 e. The summed E-state index contributed by atoms with van der Waals surface area (Å²) in [7, 11) is 7.73. The zero-order valence-corrected chi connectivity index (χ0v) is 22.3. The van der Waals surface area contributed by atoms with Crippen LogP contribution in [0.2, 0.25) is 0 Å². The first-order valence-corrected chi connectivity index (χ1v) is 12.3. The van der Waals surface area contributed by atoms with Crippen LogP contribution < -0.4 is 5.32 Å². The molecule has 37 heavy (non-hydrogen) atoms. The lowest BCUT2D eigenvalue weighted by atomic mass is 10.1. The molecule has 0 saturated heterocycles. The fraction of sp³-hybridized carbons (Fsp3) is 0.370. The monoisotopic (exact) mass is 502 g/mol. The summed E-state index contributed by atoms with van der Waals surface area (Å²) >= 11 is 0. The van der Waals surface area contributed by atoms with Crippen molar-refractivity contribution < 1.29 is 9.90 Å². The SMILES string of the molecule is CCc1ncc(CN(C)C(=O)c2nc(-c3ccc(NCCN(C)C)nc3C)nc3ccc(O)cc23)n1C. The summed E-state index contributed by atoms with van der Waals surface area (Å²) in [4.78, 5) is 35.9. The van der Waals surface area contributed by atoms with Gasteiger partial charge in [0.25, 0.3) is 5.91 Å². The van der Waals surface area contributed by atoms with Crippen molar-refractivity contribution in [3.63, 3.8) is 0 Å². The number of amides is 1. The predicted octanol–water partition coefficient (Wildman–Crippen LogP) is 3.25. The number of hydrogen-bond acceptors (Lipinski definition) is 8. The zero-order valence-electron chi connectivity index (χ0n) is 22.3. The first-order valence-electron chi connectivity index (χ1n) is 12.3. The van der Waals surface area contributed by atoms with Gasteiger partial charge in [-0.05, 0) is 51.4 Å². The molecule has 1 aromatic carbocycles. The summed E-state index contributed by atoms with van der Waals surface area (Å²) in [6.07, 6.45) is 2.60. The quantitative estimate of drug-likeness (QED) is 0.359. The summed E-state index contributed by atoms with van der Waals surface area (Å²) in [6.45, 7) is 5.98. The van der Waals surface area contributed by atoms with Crippen molar-refractivity contribution in [2.24, 2.45) is 7.05 Å². The number of benzene rings is 1. The third-order valence-corrected chi connectivity index (χ3v) is 6.32. The highest BCUT2D eigenvalue weighted by atomic mass is 16.3. The Bertz CT molecular complexity index is 1430. The Morgan fingerprint density at radius 2 is 1.89 bits per heavy atom. The smallest absolute Gasteiger partial charge is 0.273 e. The van der Waals surface area contributed by atoms with Gasteiger partial charge >= 0.3 is 0 Å². The van der Waals surface area contributed by atoms with Gasteiger partial charge in [0.05, 0.1) is 29.6 Å². The van der Waals surface area contributed by atoms with E-state index in [4.69, 9.17) is 9.97 Å². The van der Waals surface area contributed by atoms with Gasteiger partial charge in [-0.1, -0.05) is 6.92 Å². The van der Waals surface area contributed by atoms with Crippen LogP contribution >= 0.6 is 0 Å². The number of phenols is 1. The molecular formula is C27H34N8O2. The van der Waals surface area contributed by atoms with Crippen LogP contribution in [0.4, 0.5) is 5.82 Å². The number of fused-ring (bicyclic) bond motifs is 1. The molecule has 0 fully saturated rings. The lowest BCUT2D eigenvalue weighted by molar-refractivity contribution is 0.0778. The van der Waals surface area contributed by atoms with Crippen LogP contribution in [-0.4, -0.2) is 79.5 Å².